The maximum absolute atomic E-state index is 10.6. The van der Waals surface area contributed by atoms with Gasteiger partial charge >= 0.3 is 0 Å². The molecular formula is C18H29IN4O2S. The van der Waals surface area contributed by atoms with Crippen LogP contribution in [0.25, 0.3) is 0 Å². The van der Waals surface area contributed by atoms with Gasteiger partial charge in [-0.05, 0) is 39.3 Å². The van der Waals surface area contributed by atoms with E-state index >= 15 is 0 Å². The summed E-state index contributed by atoms with van der Waals surface area (Å²) in [5, 5.41) is 18.2. The molecule has 0 aliphatic heterocycles. The quantitative estimate of drug-likeness (QED) is 0.300. The van der Waals surface area contributed by atoms with Gasteiger partial charge in [0.15, 0.2) is 5.96 Å². The van der Waals surface area contributed by atoms with E-state index in [1.165, 1.54) is 4.88 Å². The first-order valence-electron chi connectivity index (χ1n) is 8.69. The third kappa shape index (κ3) is 6.88. The fourth-order valence-corrected chi connectivity index (χ4v) is 3.15. The molecule has 6 nitrogen and oxygen atoms in total. The number of hydrogen-bond acceptors (Lipinski definition) is 5. The van der Waals surface area contributed by atoms with Crippen molar-refractivity contribution in [3.8, 4) is 0 Å². The van der Waals surface area contributed by atoms with Crippen molar-refractivity contribution < 1.29 is 9.52 Å². The molecule has 1 atom stereocenters. The van der Waals surface area contributed by atoms with Gasteiger partial charge in [-0.2, -0.15) is 0 Å². The lowest BCUT2D eigenvalue weighted by atomic mass is 10.0. The van der Waals surface area contributed by atoms with E-state index < -0.39 is 5.60 Å². The summed E-state index contributed by atoms with van der Waals surface area (Å²) < 4.78 is 5.53. The molecular weight excluding hydrogens is 463 g/mol. The van der Waals surface area contributed by atoms with Crippen LogP contribution in [0.1, 0.15) is 42.2 Å². The molecule has 3 N–H and O–H groups in total. The highest BCUT2D eigenvalue weighted by Crippen LogP contribution is 2.23. The van der Waals surface area contributed by atoms with Crippen molar-refractivity contribution in [2.45, 2.75) is 46.1 Å². The number of aliphatic hydroxyl groups is 1. The Bertz CT molecular complexity index is 697. The third-order valence-corrected chi connectivity index (χ3v) is 4.94. The van der Waals surface area contributed by atoms with Gasteiger partial charge < -0.3 is 20.2 Å². The molecule has 0 radical (unpaired) electrons. The van der Waals surface area contributed by atoms with Crippen molar-refractivity contribution in [1.29, 1.82) is 0 Å². The Morgan fingerprint density at radius 2 is 2.12 bits per heavy atom. The molecule has 0 saturated heterocycles. The topological polar surface area (TPSA) is 82.7 Å². The molecule has 0 aromatic carbocycles. The van der Waals surface area contributed by atoms with Crippen LogP contribution in [-0.4, -0.2) is 35.7 Å². The third-order valence-electron chi connectivity index (χ3n) is 3.74. The summed E-state index contributed by atoms with van der Waals surface area (Å²) in [6.45, 7) is 9.43. The van der Waals surface area contributed by atoms with Gasteiger partial charge in [0.2, 0.25) is 0 Å². The summed E-state index contributed by atoms with van der Waals surface area (Å²) in [5.74, 6) is 1.98. The Labute approximate surface area is 176 Å². The highest BCUT2D eigenvalue weighted by atomic mass is 127. The zero-order valence-electron chi connectivity index (χ0n) is 15.8. The second kappa shape index (κ2) is 10.9. The minimum atomic E-state index is -1.14. The molecule has 0 bridgehead atoms. The smallest absolute Gasteiger partial charge is 0.191 e. The molecule has 0 spiro atoms. The number of aliphatic imine (C=N–C) groups is 1. The van der Waals surface area contributed by atoms with Crippen LogP contribution in [0.15, 0.2) is 27.7 Å². The van der Waals surface area contributed by atoms with Crippen molar-refractivity contribution in [2.24, 2.45) is 4.99 Å². The lowest BCUT2D eigenvalue weighted by molar-refractivity contribution is 0.0428. The lowest BCUT2D eigenvalue weighted by Gasteiger charge is -2.19. The SMILES string of the molecule is CCNC(=NCC(C)(O)c1ccc(C)o1)NCCc1ncc(CC)s1.I. The average molecular weight is 492 g/mol. The highest BCUT2D eigenvalue weighted by molar-refractivity contribution is 14.0. The first-order valence-corrected chi connectivity index (χ1v) is 9.51. The number of aryl methyl sites for hydroxylation is 2. The van der Waals surface area contributed by atoms with Gasteiger partial charge in [0.25, 0.3) is 0 Å². The van der Waals surface area contributed by atoms with Gasteiger partial charge in [-0.25, -0.2) is 9.98 Å². The molecule has 0 amide bonds. The molecule has 1 unspecified atom stereocenters. The van der Waals surface area contributed by atoms with E-state index in [4.69, 9.17) is 4.42 Å². The molecule has 2 heterocycles. The zero-order chi connectivity index (χ0) is 18.3. The van der Waals surface area contributed by atoms with Crippen molar-refractivity contribution in [3.63, 3.8) is 0 Å². The number of aromatic nitrogens is 1. The average Bonchev–Trinajstić information content (AvgIpc) is 3.22. The molecule has 8 heteroatoms. The summed E-state index contributed by atoms with van der Waals surface area (Å²) in [4.78, 5) is 10.2. The number of nitrogens with zero attached hydrogens (tertiary/aromatic N) is 2. The Balaban J connectivity index is 0.00000338. The summed E-state index contributed by atoms with van der Waals surface area (Å²) in [7, 11) is 0. The number of rotatable bonds is 8. The second-order valence-corrected chi connectivity index (χ2v) is 7.33. The van der Waals surface area contributed by atoms with Gasteiger partial charge in [0, 0.05) is 30.6 Å². The normalized spacial score (nSPS) is 13.8. The van der Waals surface area contributed by atoms with Gasteiger partial charge in [-0.15, -0.1) is 35.3 Å². The highest BCUT2D eigenvalue weighted by Gasteiger charge is 2.26. The second-order valence-electron chi connectivity index (χ2n) is 6.13. The van der Waals surface area contributed by atoms with E-state index in [1.807, 2.05) is 26.1 Å². The largest absolute Gasteiger partial charge is 0.463 e. The first-order chi connectivity index (χ1) is 11.9. The van der Waals surface area contributed by atoms with E-state index in [-0.39, 0.29) is 30.5 Å². The summed E-state index contributed by atoms with van der Waals surface area (Å²) in [6.07, 6.45) is 3.82. The van der Waals surface area contributed by atoms with Crippen molar-refractivity contribution in [1.82, 2.24) is 15.6 Å². The van der Waals surface area contributed by atoms with E-state index in [0.717, 1.165) is 36.7 Å². The summed E-state index contributed by atoms with van der Waals surface area (Å²) >= 11 is 1.75. The molecule has 146 valence electrons. The minimum Gasteiger partial charge on any atom is -0.463 e. The predicted octanol–water partition coefficient (Wildman–Crippen LogP) is 3.23. The number of halogens is 1. The molecule has 2 aromatic heterocycles. The van der Waals surface area contributed by atoms with Gasteiger partial charge in [0.05, 0.1) is 11.6 Å². The molecule has 2 rings (SSSR count). The van der Waals surface area contributed by atoms with Crippen LogP contribution in [0.4, 0.5) is 0 Å². The number of guanidine groups is 1. The van der Waals surface area contributed by atoms with Gasteiger partial charge in [-0.1, -0.05) is 6.92 Å². The van der Waals surface area contributed by atoms with Gasteiger partial charge in [0.1, 0.15) is 17.1 Å². The molecule has 26 heavy (non-hydrogen) atoms. The first kappa shape index (κ1) is 22.9. The Morgan fingerprint density at radius 1 is 1.35 bits per heavy atom. The molecule has 0 fully saturated rings. The van der Waals surface area contributed by atoms with E-state index in [9.17, 15) is 5.11 Å². The van der Waals surface area contributed by atoms with E-state index in [2.05, 4.69) is 27.5 Å². The molecule has 0 saturated carbocycles. The van der Waals surface area contributed by atoms with Crippen molar-refractivity contribution in [2.75, 3.05) is 19.6 Å². The Hall–Kier alpha value is -1.13. The van der Waals surface area contributed by atoms with Crippen LogP contribution in [0, 0.1) is 6.92 Å². The van der Waals surface area contributed by atoms with Crippen LogP contribution in [0.2, 0.25) is 0 Å². The standard InChI is InChI=1S/C18H28N4O2S.HI/c1-5-14-11-21-16(25-14)9-10-20-17(19-6-2)22-12-18(4,23)15-8-7-13(3)24-15;/h7-8,11,23H,5-6,9-10,12H2,1-4H3,(H2,19,20,22);1H. The maximum Gasteiger partial charge on any atom is 0.191 e. The van der Waals surface area contributed by atoms with Crippen molar-refractivity contribution in [3.05, 3.63) is 39.7 Å². The summed E-state index contributed by atoms with van der Waals surface area (Å²) in [5.41, 5.74) is -1.14. The maximum atomic E-state index is 10.6. The van der Waals surface area contributed by atoms with Crippen LogP contribution >= 0.6 is 35.3 Å². The van der Waals surface area contributed by atoms with Crippen LogP contribution in [0.5, 0.6) is 0 Å². The van der Waals surface area contributed by atoms with Crippen LogP contribution < -0.4 is 10.6 Å². The monoisotopic (exact) mass is 492 g/mol. The number of thiazole rings is 1. The number of furan rings is 1. The molecule has 0 aliphatic carbocycles. The lowest BCUT2D eigenvalue weighted by Crippen LogP contribution is -2.39. The van der Waals surface area contributed by atoms with Gasteiger partial charge in [-0.3, -0.25) is 0 Å². The fourth-order valence-electron chi connectivity index (χ4n) is 2.29. The van der Waals surface area contributed by atoms with E-state index in [1.54, 1.807) is 24.3 Å². The minimum absolute atomic E-state index is 0. The fraction of sp³-hybridized carbons (Fsp3) is 0.556. The van der Waals surface area contributed by atoms with Crippen molar-refractivity contribution >= 4 is 41.3 Å². The number of nitrogens with one attached hydrogen (secondary N) is 2. The predicted molar refractivity (Wildman–Crippen MR) is 118 cm³/mol. The van der Waals surface area contributed by atoms with Crippen LogP contribution in [0.3, 0.4) is 0 Å². The Kier molecular flexibility index (Phi) is 9.59. The zero-order valence-corrected chi connectivity index (χ0v) is 19.0. The molecule has 0 aliphatic rings. The Morgan fingerprint density at radius 3 is 2.69 bits per heavy atom. The summed E-state index contributed by atoms with van der Waals surface area (Å²) in [6, 6.07) is 3.63. The molecule has 2 aromatic rings. The number of hydrogen-bond donors (Lipinski definition) is 3. The van der Waals surface area contributed by atoms with E-state index in [0.29, 0.717) is 11.7 Å². The van der Waals surface area contributed by atoms with Crippen LogP contribution in [-0.2, 0) is 18.4 Å².